The van der Waals surface area contributed by atoms with Gasteiger partial charge in [-0.2, -0.15) is 4.37 Å². The van der Waals surface area contributed by atoms with Crippen LogP contribution in [0.25, 0.3) is 0 Å². The zero-order valence-corrected chi connectivity index (χ0v) is 16.6. The maximum absolute atomic E-state index is 4.72. The van der Waals surface area contributed by atoms with Gasteiger partial charge >= 0.3 is 0 Å². The molecule has 6 heteroatoms. The first-order chi connectivity index (χ1) is 11.4. The number of piperidine rings is 2. The molecule has 0 atom stereocenters. The minimum atomic E-state index is 0.0224. The Bertz CT molecular complexity index is 522. The van der Waals surface area contributed by atoms with E-state index in [2.05, 4.69) is 47.3 Å². The van der Waals surface area contributed by atoms with E-state index < -0.39 is 0 Å². The number of hydrogen-bond donors (Lipinski definition) is 1. The molecule has 0 radical (unpaired) electrons. The topological polar surface area (TPSA) is 44.3 Å². The van der Waals surface area contributed by atoms with Gasteiger partial charge in [-0.25, -0.2) is 4.98 Å². The van der Waals surface area contributed by atoms with Crippen molar-refractivity contribution in [2.24, 2.45) is 0 Å². The third kappa shape index (κ3) is 4.09. The summed E-state index contributed by atoms with van der Waals surface area (Å²) in [7, 11) is 2.24. The van der Waals surface area contributed by atoms with Crippen LogP contribution in [-0.2, 0) is 5.41 Å². The Labute approximate surface area is 151 Å². The molecule has 136 valence electrons. The summed E-state index contributed by atoms with van der Waals surface area (Å²) in [6, 6.07) is 0. The van der Waals surface area contributed by atoms with Crippen LogP contribution in [0.2, 0.25) is 0 Å². The van der Waals surface area contributed by atoms with Crippen LogP contribution in [0.1, 0.15) is 58.7 Å². The summed E-state index contributed by atoms with van der Waals surface area (Å²) in [6.45, 7) is 12.4. The third-order valence-electron chi connectivity index (χ3n) is 5.61. The van der Waals surface area contributed by atoms with Gasteiger partial charge in [0.1, 0.15) is 5.82 Å². The minimum Gasteiger partial charge on any atom is -0.358 e. The lowest BCUT2D eigenvalue weighted by Gasteiger charge is -2.50. The summed E-state index contributed by atoms with van der Waals surface area (Å²) in [6.07, 6.45) is 6.60. The van der Waals surface area contributed by atoms with Crippen LogP contribution in [0.4, 0.5) is 5.13 Å². The highest BCUT2D eigenvalue weighted by molar-refractivity contribution is 7.09. The molecule has 0 aliphatic carbocycles. The Kier molecular flexibility index (Phi) is 5.47. The molecule has 2 fully saturated rings. The van der Waals surface area contributed by atoms with Crippen molar-refractivity contribution in [2.45, 2.75) is 63.8 Å². The SMILES string of the molecule is CN1CCC(CNc2nc(C(C)(C)C)ns2)(N2CCCCC2)CC1. The van der Waals surface area contributed by atoms with E-state index in [-0.39, 0.29) is 5.41 Å². The van der Waals surface area contributed by atoms with Gasteiger partial charge in [0.15, 0.2) is 0 Å². The van der Waals surface area contributed by atoms with Crippen molar-refractivity contribution in [3.8, 4) is 0 Å². The Balaban J connectivity index is 1.69. The molecule has 2 saturated heterocycles. The van der Waals surface area contributed by atoms with Crippen molar-refractivity contribution in [3.63, 3.8) is 0 Å². The zero-order valence-electron chi connectivity index (χ0n) is 15.8. The molecule has 1 N–H and O–H groups in total. The van der Waals surface area contributed by atoms with Crippen molar-refractivity contribution in [1.82, 2.24) is 19.2 Å². The highest BCUT2D eigenvalue weighted by Crippen LogP contribution is 2.32. The van der Waals surface area contributed by atoms with Gasteiger partial charge in [0.05, 0.1) is 0 Å². The first kappa shape index (κ1) is 18.1. The fourth-order valence-corrected chi connectivity index (χ4v) is 4.60. The maximum Gasteiger partial charge on any atom is 0.202 e. The van der Waals surface area contributed by atoms with Crippen LogP contribution < -0.4 is 5.32 Å². The van der Waals surface area contributed by atoms with E-state index in [1.54, 1.807) is 0 Å². The predicted octanol–water partition coefficient (Wildman–Crippen LogP) is 3.20. The molecule has 2 aliphatic rings. The van der Waals surface area contributed by atoms with Crippen LogP contribution in [0.3, 0.4) is 0 Å². The molecular weight excluding hydrogens is 318 g/mol. The highest BCUT2D eigenvalue weighted by atomic mass is 32.1. The van der Waals surface area contributed by atoms with Gasteiger partial charge in [-0.1, -0.05) is 27.2 Å². The van der Waals surface area contributed by atoms with Crippen LogP contribution in [0.5, 0.6) is 0 Å². The lowest BCUT2D eigenvalue weighted by atomic mass is 9.84. The molecule has 0 amide bonds. The summed E-state index contributed by atoms with van der Waals surface area (Å²) < 4.78 is 4.54. The van der Waals surface area contributed by atoms with Gasteiger partial charge in [0.25, 0.3) is 0 Å². The number of rotatable bonds is 4. The monoisotopic (exact) mass is 351 g/mol. The molecule has 5 nitrogen and oxygen atoms in total. The van der Waals surface area contributed by atoms with Gasteiger partial charge in [-0.15, -0.1) is 0 Å². The molecule has 1 aromatic rings. The molecule has 3 heterocycles. The van der Waals surface area contributed by atoms with Crippen molar-refractivity contribution >= 4 is 16.7 Å². The van der Waals surface area contributed by atoms with Crippen LogP contribution in [0, 0.1) is 0 Å². The Morgan fingerprint density at radius 2 is 1.75 bits per heavy atom. The number of hydrogen-bond acceptors (Lipinski definition) is 6. The van der Waals surface area contributed by atoms with Gasteiger partial charge < -0.3 is 10.2 Å². The summed E-state index contributed by atoms with van der Waals surface area (Å²) in [5.41, 5.74) is 0.315. The first-order valence-corrected chi connectivity index (χ1v) is 10.2. The van der Waals surface area contributed by atoms with E-state index in [1.807, 2.05) is 0 Å². The summed E-state index contributed by atoms with van der Waals surface area (Å²) >= 11 is 1.51. The lowest BCUT2D eigenvalue weighted by molar-refractivity contribution is 0.0235. The normalized spacial score (nSPS) is 23.3. The highest BCUT2D eigenvalue weighted by Gasteiger charge is 2.39. The van der Waals surface area contributed by atoms with E-state index >= 15 is 0 Å². The molecule has 24 heavy (non-hydrogen) atoms. The molecule has 0 unspecified atom stereocenters. The molecule has 1 aromatic heterocycles. The molecule has 0 saturated carbocycles. The molecule has 2 aliphatic heterocycles. The van der Waals surface area contributed by atoms with Crippen LogP contribution in [0.15, 0.2) is 0 Å². The van der Waals surface area contributed by atoms with Gasteiger partial charge in [0.2, 0.25) is 5.13 Å². The average Bonchev–Trinajstić information content (AvgIpc) is 3.05. The fourth-order valence-electron chi connectivity index (χ4n) is 3.85. The standard InChI is InChI=1S/C18H33N5S/c1-17(2,3)15-20-16(24-21-15)19-14-18(8-12-22(4)13-9-18)23-10-6-5-7-11-23/h5-14H2,1-4H3,(H,19,20,21). The largest absolute Gasteiger partial charge is 0.358 e. The quantitative estimate of drug-likeness (QED) is 0.902. The second-order valence-electron chi connectivity index (χ2n) is 8.60. The van der Waals surface area contributed by atoms with Crippen molar-refractivity contribution < 1.29 is 0 Å². The molecular formula is C18H33N5S. The van der Waals surface area contributed by atoms with E-state index in [9.17, 15) is 0 Å². The summed E-state index contributed by atoms with van der Waals surface area (Å²) in [5, 5.41) is 4.63. The van der Waals surface area contributed by atoms with E-state index in [1.165, 1.54) is 69.8 Å². The van der Waals surface area contributed by atoms with Crippen molar-refractivity contribution in [3.05, 3.63) is 5.82 Å². The molecule has 3 rings (SSSR count). The first-order valence-electron chi connectivity index (χ1n) is 9.41. The zero-order chi connectivity index (χ0) is 17.2. The second-order valence-corrected chi connectivity index (χ2v) is 9.35. The van der Waals surface area contributed by atoms with Gasteiger partial charge in [0, 0.05) is 29.0 Å². The van der Waals surface area contributed by atoms with Crippen LogP contribution >= 0.6 is 11.5 Å². The predicted molar refractivity (Wildman–Crippen MR) is 102 cm³/mol. The Hall–Kier alpha value is -0.720. The third-order valence-corrected chi connectivity index (χ3v) is 6.28. The molecule has 0 bridgehead atoms. The second kappa shape index (κ2) is 7.26. The van der Waals surface area contributed by atoms with E-state index in [0.717, 1.165) is 17.5 Å². The molecule has 0 spiro atoms. The smallest absolute Gasteiger partial charge is 0.202 e. The van der Waals surface area contributed by atoms with Crippen LogP contribution in [-0.4, -0.2) is 64.5 Å². The van der Waals surface area contributed by atoms with E-state index in [4.69, 9.17) is 4.98 Å². The number of anilines is 1. The Morgan fingerprint density at radius 3 is 2.33 bits per heavy atom. The van der Waals surface area contributed by atoms with Crippen molar-refractivity contribution in [2.75, 3.05) is 45.1 Å². The minimum absolute atomic E-state index is 0.0224. The number of nitrogens with one attached hydrogen (secondary N) is 1. The fraction of sp³-hybridized carbons (Fsp3) is 0.889. The summed E-state index contributed by atoms with van der Waals surface area (Å²) in [5.74, 6) is 0.949. The number of likely N-dealkylation sites (tertiary alicyclic amines) is 2. The Morgan fingerprint density at radius 1 is 1.08 bits per heavy atom. The van der Waals surface area contributed by atoms with Gasteiger partial charge in [-0.05, 0) is 58.9 Å². The van der Waals surface area contributed by atoms with Gasteiger partial charge in [-0.3, -0.25) is 4.90 Å². The average molecular weight is 352 g/mol. The summed E-state index contributed by atoms with van der Waals surface area (Å²) in [4.78, 5) is 9.95. The lowest BCUT2D eigenvalue weighted by Crippen LogP contribution is -2.59. The number of aromatic nitrogens is 2. The number of nitrogens with zero attached hydrogens (tertiary/aromatic N) is 4. The maximum atomic E-state index is 4.72. The van der Waals surface area contributed by atoms with Crippen molar-refractivity contribution in [1.29, 1.82) is 0 Å². The van der Waals surface area contributed by atoms with E-state index in [0.29, 0.717) is 5.54 Å². The molecule has 0 aromatic carbocycles.